The molecule has 1 N–H and O–H groups in total. The molecular formula is C25H29ClN2O5S. The number of carbonyl (C=O) groups excluding carboxylic acids is 2. The predicted octanol–water partition coefficient (Wildman–Crippen LogP) is 4.48. The summed E-state index contributed by atoms with van der Waals surface area (Å²) in [6.45, 7) is -0.117. The number of nitrogens with one attached hydrogen (secondary N) is 1. The Bertz CT molecular complexity index is 1160. The van der Waals surface area contributed by atoms with E-state index in [1.54, 1.807) is 12.1 Å². The predicted molar refractivity (Wildman–Crippen MR) is 131 cm³/mol. The van der Waals surface area contributed by atoms with Crippen LogP contribution in [-0.4, -0.2) is 39.5 Å². The van der Waals surface area contributed by atoms with Gasteiger partial charge in [0.2, 0.25) is 0 Å². The molecule has 2 aromatic rings. The van der Waals surface area contributed by atoms with E-state index < -0.39 is 22.6 Å². The topological polar surface area (TPSA) is 92.8 Å². The second-order valence-corrected chi connectivity index (χ2v) is 11.0. The van der Waals surface area contributed by atoms with Gasteiger partial charge in [-0.15, -0.1) is 0 Å². The number of esters is 1. The standard InChI is InChI=1S/C25H29ClN2O5S/c26-21-13-12-19(25(30)33-17-24(29)27-20-9-4-2-1-3-5-10-20)16-23(21)34(31,32)28-15-14-18-8-6-7-11-22(18)28/h6-8,11-13,16,20H,1-5,9-10,14-15,17H2,(H,27,29). The van der Waals surface area contributed by atoms with Gasteiger partial charge in [-0.25, -0.2) is 13.2 Å². The molecule has 0 aromatic heterocycles. The molecule has 0 unspecified atom stereocenters. The normalized spacial score (nSPS) is 16.9. The zero-order valence-electron chi connectivity index (χ0n) is 19.0. The summed E-state index contributed by atoms with van der Waals surface area (Å²) < 4.78 is 33.2. The lowest BCUT2D eigenvalue weighted by molar-refractivity contribution is -0.125. The molecule has 1 heterocycles. The third-order valence-electron chi connectivity index (χ3n) is 6.38. The van der Waals surface area contributed by atoms with E-state index in [1.807, 2.05) is 12.1 Å². The first-order chi connectivity index (χ1) is 16.4. The number of halogens is 1. The van der Waals surface area contributed by atoms with Crippen LogP contribution in [0.2, 0.25) is 5.02 Å². The first-order valence-electron chi connectivity index (χ1n) is 11.7. The molecule has 0 spiro atoms. The van der Waals surface area contributed by atoms with Crippen molar-refractivity contribution >= 4 is 39.2 Å². The van der Waals surface area contributed by atoms with Crippen LogP contribution < -0.4 is 9.62 Å². The highest BCUT2D eigenvalue weighted by Crippen LogP contribution is 2.35. The Morgan fingerprint density at radius 1 is 1.03 bits per heavy atom. The van der Waals surface area contributed by atoms with Gasteiger partial charge in [-0.1, -0.05) is 61.9 Å². The number of anilines is 1. The monoisotopic (exact) mass is 504 g/mol. The number of para-hydroxylation sites is 1. The van der Waals surface area contributed by atoms with Crippen molar-refractivity contribution in [2.45, 2.75) is 62.3 Å². The zero-order chi connectivity index (χ0) is 24.1. The van der Waals surface area contributed by atoms with Crippen LogP contribution in [-0.2, 0) is 26.0 Å². The second-order valence-electron chi connectivity index (χ2n) is 8.79. The third-order valence-corrected chi connectivity index (χ3v) is 8.68. The van der Waals surface area contributed by atoms with Crippen molar-refractivity contribution in [1.82, 2.24) is 5.32 Å². The van der Waals surface area contributed by atoms with Gasteiger partial charge in [0.05, 0.1) is 16.3 Å². The van der Waals surface area contributed by atoms with Crippen LogP contribution >= 0.6 is 11.6 Å². The van der Waals surface area contributed by atoms with Crippen LogP contribution in [0.25, 0.3) is 0 Å². The fourth-order valence-corrected chi connectivity index (χ4v) is 6.60. The van der Waals surface area contributed by atoms with Crippen LogP contribution in [0.4, 0.5) is 5.69 Å². The Morgan fingerprint density at radius 3 is 2.50 bits per heavy atom. The van der Waals surface area contributed by atoms with Gasteiger partial charge in [0, 0.05) is 12.6 Å². The number of rotatable bonds is 6. The zero-order valence-corrected chi connectivity index (χ0v) is 20.5. The highest BCUT2D eigenvalue weighted by atomic mass is 35.5. The highest BCUT2D eigenvalue weighted by molar-refractivity contribution is 7.93. The quantitative estimate of drug-likeness (QED) is 0.585. The Balaban J connectivity index is 1.42. The van der Waals surface area contributed by atoms with E-state index in [0.29, 0.717) is 18.7 Å². The maximum absolute atomic E-state index is 13.4. The summed E-state index contributed by atoms with van der Waals surface area (Å²) in [5, 5.41) is 2.96. The molecule has 2 aromatic carbocycles. The minimum atomic E-state index is -3.98. The molecule has 0 bridgehead atoms. The molecule has 0 radical (unpaired) electrons. The van der Waals surface area contributed by atoms with Crippen molar-refractivity contribution in [2.75, 3.05) is 17.5 Å². The Hall–Kier alpha value is -2.58. The van der Waals surface area contributed by atoms with E-state index in [1.165, 1.54) is 41.8 Å². The van der Waals surface area contributed by atoms with Crippen LogP contribution in [0.1, 0.15) is 60.9 Å². The van der Waals surface area contributed by atoms with Crippen LogP contribution in [0.5, 0.6) is 0 Å². The highest BCUT2D eigenvalue weighted by Gasteiger charge is 2.32. The average Bonchev–Trinajstić information content (AvgIpc) is 3.24. The van der Waals surface area contributed by atoms with E-state index in [-0.39, 0.29) is 27.4 Å². The van der Waals surface area contributed by atoms with E-state index in [2.05, 4.69) is 5.32 Å². The van der Waals surface area contributed by atoms with Crippen molar-refractivity contribution in [1.29, 1.82) is 0 Å². The van der Waals surface area contributed by atoms with Gasteiger partial charge in [-0.3, -0.25) is 9.10 Å². The second kappa shape index (κ2) is 10.8. The average molecular weight is 505 g/mol. The molecule has 34 heavy (non-hydrogen) atoms. The Morgan fingerprint density at radius 2 is 1.74 bits per heavy atom. The summed E-state index contributed by atoms with van der Waals surface area (Å²) in [6, 6.07) is 11.4. The van der Waals surface area contributed by atoms with Gasteiger partial charge in [0.25, 0.3) is 15.9 Å². The van der Waals surface area contributed by atoms with Crippen molar-refractivity contribution in [2.24, 2.45) is 0 Å². The lowest BCUT2D eigenvalue weighted by Gasteiger charge is -2.21. The molecule has 0 saturated heterocycles. The Labute approximate surface area is 205 Å². The molecule has 0 atom stereocenters. The first-order valence-corrected chi connectivity index (χ1v) is 13.5. The summed E-state index contributed by atoms with van der Waals surface area (Å²) in [5.41, 5.74) is 1.57. The molecule has 2 aliphatic rings. The number of nitrogens with zero attached hydrogens (tertiary/aromatic N) is 1. The van der Waals surface area contributed by atoms with Crippen molar-refractivity contribution in [3.63, 3.8) is 0 Å². The van der Waals surface area contributed by atoms with E-state index in [9.17, 15) is 18.0 Å². The van der Waals surface area contributed by atoms with Crippen LogP contribution in [0, 0.1) is 0 Å². The van der Waals surface area contributed by atoms with Gasteiger partial charge in [-0.05, 0) is 49.1 Å². The minimum absolute atomic E-state index is 0.0166. The number of hydrogen-bond acceptors (Lipinski definition) is 5. The van der Waals surface area contributed by atoms with E-state index >= 15 is 0 Å². The molecule has 4 rings (SSSR count). The van der Waals surface area contributed by atoms with Gasteiger partial charge in [-0.2, -0.15) is 0 Å². The van der Waals surface area contributed by atoms with Gasteiger partial charge >= 0.3 is 5.97 Å². The summed E-state index contributed by atoms with van der Waals surface area (Å²) >= 11 is 6.23. The molecule has 1 amide bonds. The summed E-state index contributed by atoms with van der Waals surface area (Å²) in [4.78, 5) is 24.7. The summed E-state index contributed by atoms with van der Waals surface area (Å²) in [6.07, 6.45) is 8.20. The van der Waals surface area contributed by atoms with Gasteiger partial charge in [0.1, 0.15) is 4.90 Å². The molecule has 1 aliphatic heterocycles. The first kappa shape index (κ1) is 24.5. The maximum Gasteiger partial charge on any atom is 0.338 e. The van der Waals surface area contributed by atoms with E-state index in [0.717, 1.165) is 31.2 Å². The SMILES string of the molecule is O=C(COC(=O)c1ccc(Cl)c(S(=O)(=O)N2CCc3ccccc32)c1)NC1CCCCCCC1. The number of benzene rings is 2. The van der Waals surface area contributed by atoms with Crippen molar-refractivity contribution < 1.29 is 22.7 Å². The lowest BCUT2D eigenvalue weighted by Crippen LogP contribution is -2.38. The van der Waals surface area contributed by atoms with Crippen molar-refractivity contribution in [3.8, 4) is 0 Å². The van der Waals surface area contributed by atoms with Crippen LogP contribution in [0.3, 0.4) is 0 Å². The molecule has 1 aliphatic carbocycles. The number of carbonyl (C=O) groups is 2. The lowest BCUT2D eigenvalue weighted by atomic mass is 9.97. The van der Waals surface area contributed by atoms with Gasteiger partial charge in [0.15, 0.2) is 6.61 Å². The third kappa shape index (κ3) is 5.55. The Kier molecular flexibility index (Phi) is 7.78. The fraction of sp³-hybridized carbons (Fsp3) is 0.440. The number of hydrogen-bond donors (Lipinski definition) is 1. The number of amides is 1. The minimum Gasteiger partial charge on any atom is -0.452 e. The number of sulfonamides is 1. The summed E-state index contributed by atoms with van der Waals surface area (Å²) in [5.74, 6) is -1.13. The number of ether oxygens (including phenoxy) is 1. The summed E-state index contributed by atoms with van der Waals surface area (Å²) in [7, 11) is -3.98. The largest absolute Gasteiger partial charge is 0.452 e. The van der Waals surface area contributed by atoms with Gasteiger partial charge < -0.3 is 10.1 Å². The molecule has 7 nitrogen and oxygen atoms in total. The smallest absolute Gasteiger partial charge is 0.338 e. The number of fused-ring (bicyclic) bond motifs is 1. The fourth-order valence-electron chi connectivity index (χ4n) is 4.59. The molecule has 1 fully saturated rings. The molecule has 9 heteroatoms. The van der Waals surface area contributed by atoms with Crippen LogP contribution in [0.15, 0.2) is 47.4 Å². The van der Waals surface area contributed by atoms with E-state index in [4.69, 9.17) is 16.3 Å². The molecule has 1 saturated carbocycles. The maximum atomic E-state index is 13.4. The molecule has 182 valence electrons. The molecular weight excluding hydrogens is 476 g/mol. The van der Waals surface area contributed by atoms with Crippen molar-refractivity contribution in [3.05, 3.63) is 58.6 Å².